The van der Waals surface area contributed by atoms with E-state index in [1.807, 2.05) is 0 Å². The average molecular weight is 327 g/mol. The summed E-state index contributed by atoms with van der Waals surface area (Å²) < 4.78 is 0.764. The topological polar surface area (TPSA) is 54.9 Å². The summed E-state index contributed by atoms with van der Waals surface area (Å²) in [5.41, 5.74) is 1.20. The Kier molecular flexibility index (Phi) is 4.28. The van der Waals surface area contributed by atoms with Gasteiger partial charge in [0.2, 0.25) is 0 Å². The third-order valence-electron chi connectivity index (χ3n) is 2.18. The summed E-state index contributed by atoms with van der Waals surface area (Å²) in [7, 11) is 0. The fourth-order valence-electron chi connectivity index (χ4n) is 1.39. The number of nitrogens with zero attached hydrogens (tertiary/aromatic N) is 2. The van der Waals surface area contributed by atoms with Gasteiger partial charge in [-0.25, -0.2) is 0 Å². The van der Waals surface area contributed by atoms with E-state index in [9.17, 15) is 4.79 Å². The first-order valence-electron chi connectivity index (χ1n) is 5.16. The summed E-state index contributed by atoms with van der Waals surface area (Å²) in [5, 5.41) is 10.9. The Bertz CT molecular complexity index is 542. The Morgan fingerprint density at radius 3 is 2.89 bits per heavy atom. The number of halogens is 2. The van der Waals surface area contributed by atoms with Crippen LogP contribution in [-0.2, 0) is 6.54 Å². The van der Waals surface area contributed by atoms with Crippen molar-refractivity contribution in [3.63, 3.8) is 0 Å². The quantitative estimate of drug-likeness (QED) is 0.943. The van der Waals surface area contributed by atoms with Crippen molar-refractivity contribution in [3.05, 3.63) is 57.3 Å². The molecule has 0 spiro atoms. The van der Waals surface area contributed by atoms with Crippen LogP contribution in [-0.4, -0.2) is 16.1 Å². The lowest BCUT2D eigenvalue weighted by Gasteiger charge is -2.05. The van der Waals surface area contributed by atoms with E-state index >= 15 is 0 Å². The van der Waals surface area contributed by atoms with Gasteiger partial charge in [0.1, 0.15) is 0 Å². The Morgan fingerprint density at radius 1 is 1.39 bits per heavy atom. The molecule has 92 valence electrons. The van der Waals surface area contributed by atoms with Crippen LogP contribution in [0.5, 0.6) is 0 Å². The predicted molar refractivity (Wildman–Crippen MR) is 72.4 cm³/mol. The normalized spacial score (nSPS) is 10.1. The van der Waals surface area contributed by atoms with E-state index in [1.54, 1.807) is 36.5 Å². The molecule has 1 amide bonds. The number of amides is 1. The van der Waals surface area contributed by atoms with Crippen molar-refractivity contribution in [1.29, 1.82) is 0 Å². The summed E-state index contributed by atoms with van der Waals surface area (Å²) in [6.07, 6.45) is 1.58. The zero-order chi connectivity index (χ0) is 13.0. The molecule has 0 bridgehead atoms. The lowest BCUT2D eigenvalue weighted by atomic mass is 10.2. The Labute approximate surface area is 118 Å². The molecule has 0 saturated carbocycles. The van der Waals surface area contributed by atoms with Crippen LogP contribution in [0.25, 0.3) is 0 Å². The molecule has 4 nitrogen and oxygen atoms in total. The number of carbonyl (C=O) groups excluding carboxylic acids is 1. The maximum Gasteiger partial charge on any atom is 0.251 e. The maximum atomic E-state index is 11.9. The third kappa shape index (κ3) is 3.51. The average Bonchev–Trinajstić information content (AvgIpc) is 2.36. The van der Waals surface area contributed by atoms with Gasteiger partial charge in [0.25, 0.3) is 5.91 Å². The summed E-state index contributed by atoms with van der Waals surface area (Å²) in [6, 6.07) is 8.60. The monoisotopic (exact) mass is 325 g/mol. The largest absolute Gasteiger partial charge is 0.346 e. The first kappa shape index (κ1) is 13.0. The summed E-state index contributed by atoms with van der Waals surface area (Å²) in [5.74, 6) is -0.205. The van der Waals surface area contributed by atoms with E-state index in [1.165, 1.54) is 0 Å². The van der Waals surface area contributed by atoms with E-state index in [0.717, 1.165) is 4.47 Å². The molecule has 0 atom stereocenters. The van der Waals surface area contributed by atoms with Crippen LogP contribution < -0.4 is 5.32 Å². The van der Waals surface area contributed by atoms with Gasteiger partial charge >= 0.3 is 0 Å². The van der Waals surface area contributed by atoms with E-state index in [4.69, 9.17) is 11.6 Å². The molecule has 0 aliphatic heterocycles. The smallest absolute Gasteiger partial charge is 0.251 e. The second-order valence-electron chi connectivity index (χ2n) is 3.56. The molecule has 1 N–H and O–H groups in total. The summed E-state index contributed by atoms with van der Waals surface area (Å²) in [6.45, 7) is 0.330. The second-order valence-corrected chi connectivity index (χ2v) is 4.91. The fraction of sp³-hybridized carbons (Fsp3) is 0.0833. The minimum absolute atomic E-state index is 0.205. The number of rotatable bonds is 3. The fourth-order valence-corrected chi connectivity index (χ4v) is 2.25. The highest BCUT2D eigenvalue weighted by molar-refractivity contribution is 9.10. The number of nitrogens with one attached hydrogen (secondary N) is 1. The SMILES string of the molecule is O=C(NCc1cccnn1)c1cc(Cl)cc(Br)c1. The van der Waals surface area contributed by atoms with Crippen LogP contribution in [0, 0.1) is 0 Å². The Morgan fingerprint density at radius 2 is 2.22 bits per heavy atom. The van der Waals surface area contributed by atoms with Crippen LogP contribution in [0.2, 0.25) is 5.02 Å². The Hall–Kier alpha value is -1.46. The van der Waals surface area contributed by atoms with Gasteiger partial charge in [-0.05, 0) is 30.3 Å². The maximum absolute atomic E-state index is 11.9. The van der Waals surface area contributed by atoms with Crippen molar-refractivity contribution in [3.8, 4) is 0 Å². The molecule has 18 heavy (non-hydrogen) atoms. The zero-order valence-corrected chi connectivity index (χ0v) is 11.6. The number of carbonyl (C=O) groups is 1. The molecule has 1 heterocycles. The standard InChI is InChI=1S/C12H9BrClN3O/c13-9-4-8(5-10(14)6-9)12(18)15-7-11-2-1-3-16-17-11/h1-6H,7H2,(H,15,18). The van der Waals surface area contributed by atoms with Gasteiger partial charge < -0.3 is 5.32 Å². The van der Waals surface area contributed by atoms with Crippen molar-refractivity contribution in [1.82, 2.24) is 15.5 Å². The van der Waals surface area contributed by atoms with Gasteiger partial charge in [0.05, 0.1) is 12.2 Å². The highest BCUT2D eigenvalue weighted by Crippen LogP contribution is 2.19. The number of hydrogen-bond donors (Lipinski definition) is 1. The van der Waals surface area contributed by atoms with E-state index in [0.29, 0.717) is 22.8 Å². The van der Waals surface area contributed by atoms with Crippen molar-refractivity contribution in [2.75, 3.05) is 0 Å². The van der Waals surface area contributed by atoms with Crippen LogP contribution in [0.4, 0.5) is 0 Å². The molecule has 0 fully saturated rings. The minimum atomic E-state index is -0.205. The molecule has 0 aliphatic rings. The lowest BCUT2D eigenvalue weighted by Crippen LogP contribution is -2.23. The Balaban J connectivity index is 2.04. The third-order valence-corrected chi connectivity index (χ3v) is 2.86. The molecule has 2 aromatic rings. The number of aromatic nitrogens is 2. The first-order chi connectivity index (χ1) is 8.65. The van der Waals surface area contributed by atoms with Crippen molar-refractivity contribution >= 4 is 33.4 Å². The molecule has 2 rings (SSSR count). The predicted octanol–water partition coefficient (Wildman–Crippen LogP) is 2.82. The van der Waals surface area contributed by atoms with Crippen LogP contribution in [0.3, 0.4) is 0 Å². The van der Waals surface area contributed by atoms with E-state index < -0.39 is 0 Å². The van der Waals surface area contributed by atoms with Gasteiger partial charge in [0.15, 0.2) is 0 Å². The van der Waals surface area contributed by atoms with Gasteiger partial charge in [-0.15, -0.1) is 0 Å². The molecule has 0 aliphatic carbocycles. The van der Waals surface area contributed by atoms with Crippen LogP contribution in [0.1, 0.15) is 16.1 Å². The molecule has 0 saturated heterocycles. The van der Waals surface area contributed by atoms with Crippen LogP contribution >= 0.6 is 27.5 Å². The van der Waals surface area contributed by atoms with Gasteiger partial charge in [-0.2, -0.15) is 10.2 Å². The molecule has 1 aromatic heterocycles. The van der Waals surface area contributed by atoms with E-state index in [-0.39, 0.29) is 5.91 Å². The van der Waals surface area contributed by atoms with Gasteiger partial charge in [-0.1, -0.05) is 27.5 Å². The zero-order valence-electron chi connectivity index (χ0n) is 9.23. The van der Waals surface area contributed by atoms with E-state index in [2.05, 4.69) is 31.4 Å². The molecular formula is C12H9BrClN3O. The second kappa shape index (κ2) is 5.93. The summed E-state index contributed by atoms with van der Waals surface area (Å²) >= 11 is 9.17. The number of hydrogen-bond acceptors (Lipinski definition) is 3. The summed E-state index contributed by atoms with van der Waals surface area (Å²) in [4.78, 5) is 11.9. The molecule has 0 unspecified atom stereocenters. The van der Waals surface area contributed by atoms with Crippen molar-refractivity contribution in [2.24, 2.45) is 0 Å². The van der Waals surface area contributed by atoms with Gasteiger partial charge in [0, 0.05) is 21.3 Å². The van der Waals surface area contributed by atoms with Crippen molar-refractivity contribution < 1.29 is 4.79 Å². The van der Waals surface area contributed by atoms with Crippen molar-refractivity contribution in [2.45, 2.75) is 6.54 Å². The number of benzene rings is 1. The lowest BCUT2D eigenvalue weighted by molar-refractivity contribution is 0.0950. The first-order valence-corrected chi connectivity index (χ1v) is 6.33. The van der Waals surface area contributed by atoms with Crippen LogP contribution in [0.15, 0.2) is 41.0 Å². The minimum Gasteiger partial charge on any atom is -0.346 e. The van der Waals surface area contributed by atoms with Gasteiger partial charge in [-0.3, -0.25) is 4.79 Å². The highest BCUT2D eigenvalue weighted by Gasteiger charge is 2.07. The highest BCUT2D eigenvalue weighted by atomic mass is 79.9. The molecular weight excluding hydrogens is 318 g/mol. The molecule has 1 aromatic carbocycles. The molecule has 6 heteroatoms. The molecule has 0 radical (unpaired) electrons.